The van der Waals surface area contributed by atoms with Crippen LogP contribution in [0.25, 0.3) is 0 Å². The summed E-state index contributed by atoms with van der Waals surface area (Å²) in [6, 6.07) is 12.3. The van der Waals surface area contributed by atoms with Gasteiger partial charge in [0.05, 0.1) is 34.8 Å². The number of rotatable bonds is 23. The smallest absolute Gasteiger partial charge is 0.303 e. The van der Waals surface area contributed by atoms with Gasteiger partial charge in [0, 0.05) is 37.0 Å². The maximum atomic E-state index is 11.8. The van der Waals surface area contributed by atoms with Crippen molar-refractivity contribution in [1.82, 2.24) is 0 Å². The highest BCUT2D eigenvalue weighted by Crippen LogP contribution is 2.43. The lowest BCUT2D eigenvalue weighted by Gasteiger charge is -2.20. The molecule has 0 aliphatic rings. The summed E-state index contributed by atoms with van der Waals surface area (Å²) in [5, 5.41) is 40.9. The number of nitro groups is 2. The minimum absolute atomic E-state index is 0.141. The van der Waals surface area contributed by atoms with Crippen molar-refractivity contribution >= 4 is 39.8 Å². The molecule has 278 valence electrons. The number of nitro benzene ring substituents is 2. The molecule has 0 N–H and O–H groups in total. The molecule has 13 nitrogen and oxygen atoms in total. The maximum Gasteiger partial charge on any atom is 0.303 e. The predicted octanol–water partition coefficient (Wildman–Crippen LogP) is 12.6. The van der Waals surface area contributed by atoms with E-state index >= 15 is 0 Å². The lowest BCUT2D eigenvalue weighted by Crippen LogP contribution is -2.13. The summed E-state index contributed by atoms with van der Waals surface area (Å²) in [6.45, 7) is 22.3. The number of hydrogen-bond donors (Lipinski definition) is 0. The van der Waals surface area contributed by atoms with Gasteiger partial charge in [-0.05, 0) is 75.3 Å². The highest BCUT2D eigenvalue weighted by Gasteiger charge is 2.21. The van der Waals surface area contributed by atoms with Crippen molar-refractivity contribution in [3.05, 3.63) is 101 Å². The van der Waals surface area contributed by atoms with Crippen LogP contribution in [0, 0.1) is 65.9 Å². The molecule has 0 aromatic heterocycles. The minimum atomic E-state index is -0.724. The zero-order chi connectivity index (χ0) is 38.0. The summed E-state index contributed by atoms with van der Waals surface area (Å²) in [4.78, 5) is 23.5. The fraction of sp³-hybridized carbons (Fsp3) is 0.436. The first-order valence-electron chi connectivity index (χ1n) is 17.9. The van der Waals surface area contributed by atoms with E-state index in [1.165, 1.54) is 6.07 Å². The van der Waals surface area contributed by atoms with Gasteiger partial charge in [-0.3, -0.25) is 20.2 Å². The number of anilines is 1. The van der Waals surface area contributed by atoms with E-state index in [-0.39, 0.29) is 17.3 Å². The normalized spacial score (nSPS) is 12.7. The van der Waals surface area contributed by atoms with E-state index in [2.05, 4.69) is 62.0 Å². The molecular weight excluding hydrogens is 662 g/mol. The van der Waals surface area contributed by atoms with Crippen LogP contribution in [0.2, 0.25) is 0 Å². The van der Waals surface area contributed by atoms with Crippen LogP contribution in [-0.4, -0.2) is 23.1 Å². The summed E-state index contributed by atoms with van der Waals surface area (Å²) in [5.74, 6) is 1.35. The van der Waals surface area contributed by atoms with Crippen LogP contribution < -0.4 is 14.4 Å². The average molecular weight is 714 g/mol. The number of non-ortho nitro benzene ring substituents is 1. The second-order valence-corrected chi connectivity index (χ2v) is 12.6. The van der Waals surface area contributed by atoms with E-state index in [0.29, 0.717) is 42.0 Å². The number of nitrogens with zero attached hydrogens (tertiary/aromatic N) is 7. The topological polar surface area (TPSA) is 157 Å². The number of aryl methyl sites for hydroxylation is 1. The van der Waals surface area contributed by atoms with Crippen molar-refractivity contribution in [2.24, 2.45) is 32.3 Å². The fourth-order valence-electron chi connectivity index (χ4n) is 5.41. The molecular formula is C39H51N7O6. The number of benzene rings is 3. The Hall–Kier alpha value is -4.94. The van der Waals surface area contributed by atoms with Gasteiger partial charge in [-0.2, -0.15) is 5.11 Å². The zero-order valence-corrected chi connectivity index (χ0v) is 31.0. The fourth-order valence-corrected chi connectivity index (χ4v) is 5.41. The quantitative estimate of drug-likeness (QED) is 0.0537. The van der Waals surface area contributed by atoms with Gasteiger partial charge < -0.3 is 14.4 Å². The van der Waals surface area contributed by atoms with Crippen molar-refractivity contribution in [3.8, 4) is 11.5 Å². The van der Waals surface area contributed by atoms with Gasteiger partial charge >= 0.3 is 5.69 Å². The second-order valence-electron chi connectivity index (χ2n) is 12.6. The first-order valence-corrected chi connectivity index (χ1v) is 17.9. The summed E-state index contributed by atoms with van der Waals surface area (Å²) < 4.78 is 12.8. The van der Waals surface area contributed by atoms with Crippen molar-refractivity contribution in [3.63, 3.8) is 0 Å². The molecule has 0 aliphatic carbocycles. The average Bonchev–Trinajstić information content (AvgIpc) is 3.14. The lowest BCUT2D eigenvalue weighted by molar-refractivity contribution is -0.393. The predicted molar refractivity (Wildman–Crippen MR) is 205 cm³/mol. The first kappa shape index (κ1) is 41.5. The van der Waals surface area contributed by atoms with Gasteiger partial charge in [0.2, 0.25) is 0 Å². The Morgan fingerprint density at radius 2 is 1.21 bits per heavy atom. The number of hydrogen-bond acceptors (Lipinski definition) is 11. The van der Waals surface area contributed by atoms with Gasteiger partial charge in [0.15, 0.2) is 5.69 Å². The van der Waals surface area contributed by atoms with E-state index < -0.39 is 21.2 Å². The Balaban J connectivity index is 2.15. The van der Waals surface area contributed by atoms with Crippen LogP contribution >= 0.6 is 0 Å². The highest BCUT2D eigenvalue weighted by molar-refractivity contribution is 5.68. The second kappa shape index (κ2) is 21.4. The van der Waals surface area contributed by atoms with E-state index in [1.54, 1.807) is 30.1 Å². The summed E-state index contributed by atoms with van der Waals surface area (Å²) >= 11 is 0. The summed E-state index contributed by atoms with van der Waals surface area (Å²) in [5.41, 5.74) is 2.01. The van der Waals surface area contributed by atoms with E-state index in [0.717, 1.165) is 74.8 Å². The molecule has 0 heterocycles. The molecule has 3 rings (SSSR count). The molecule has 0 amide bonds. The Labute approximate surface area is 307 Å². The van der Waals surface area contributed by atoms with Crippen molar-refractivity contribution in [2.75, 3.05) is 18.1 Å². The maximum absolute atomic E-state index is 11.8. The van der Waals surface area contributed by atoms with Crippen LogP contribution in [0.4, 0.5) is 39.8 Å². The van der Waals surface area contributed by atoms with E-state index in [1.807, 2.05) is 25.1 Å². The number of azo groups is 2. The molecule has 0 spiro atoms. The molecule has 52 heavy (non-hydrogen) atoms. The molecule has 0 fully saturated rings. The third-order valence-electron chi connectivity index (χ3n) is 8.85. The molecule has 13 heteroatoms. The zero-order valence-electron chi connectivity index (χ0n) is 31.0. The van der Waals surface area contributed by atoms with Gasteiger partial charge in [0.25, 0.3) is 5.69 Å². The summed E-state index contributed by atoms with van der Waals surface area (Å²) in [7, 11) is 0. The monoisotopic (exact) mass is 713 g/mol. The van der Waals surface area contributed by atoms with Crippen LogP contribution in [0.1, 0.15) is 84.6 Å². The van der Waals surface area contributed by atoms with Gasteiger partial charge in [-0.1, -0.05) is 66.2 Å². The van der Waals surface area contributed by atoms with Crippen LogP contribution in [0.15, 0.2) is 69.0 Å². The number of unbranched alkanes of at least 4 members (excludes halogenated alkanes) is 2. The summed E-state index contributed by atoms with van der Waals surface area (Å²) in [6.07, 6.45) is 8.14. The molecule has 3 aromatic rings. The van der Waals surface area contributed by atoms with Crippen molar-refractivity contribution in [2.45, 2.75) is 86.0 Å². The third kappa shape index (κ3) is 12.1. The van der Waals surface area contributed by atoms with Crippen molar-refractivity contribution < 1.29 is 19.3 Å². The van der Waals surface area contributed by atoms with Crippen molar-refractivity contribution in [1.29, 1.82) is 0 Å². The third-order valence-corrected chi connectivity index (χ3v) is 8.85. The standard InChI is InChI=1S/C39H51N7O6/c1-8-14-16-29(10-3)26-51-38-25-36(43-41-34-21-19-32(45(47)48)23-37(34)46(49)50)39(52-27-30(11-4)17-15-9-2)24-35(38)42-40-33-20-18-31(22-28(33)7)44(12-5)13-6/h12-13,18-25,29-30H,5-6,8-11,14-17,26-27H2,1-4,7H3/b42-40+,43-41+. The highest BCUT2D eigenvalue weighted by atomic mass is 16.6. The molecule has 3 aromatic carbocycles. The minimum Gasteiger partial charge on any atom is -0.491 e. The largest absolute Gasteiger partial charge is 0.491 e. The van der Waals surface area contributed by atoms with Crippen LogP contribution in [0.5, 0.6) is 11.5 Å². The lowest BCUT2D eigenvalue weighted by atomic mass is 10.0. The van der Waals surface area contributed by atoms with Gasteiger partial charge in [-0.25, -0.2) is 0 Å². The first-order chi connectivity index (χ1) is 25.1. The van der Waals surface area contributed by atoms with E-state index in [4.69, 9.17) is 9.47 Å². The van der Waals surface area contributed by atoms with E-state index in [9.17, 15) is 20.2 Å². The van der Waals surface area contributed by atoms with Crippen LogP contribution in [-0.2, 0) is 0 Å². The Bertz CT molecular complexity index is 1680. The SMILES string of the molecule is [CH2][CH]N([CH][CH2])c1ccc(/N=N/c2cc(OCC(CC)CCCC)c(/N=N/c3ccc([N+](=O)[O-])cc3[N+](=O)[O-])cc2OCC(CC)CCCC)c(C)c1. The van der Waals surface area contributed by atoms with Gasteiger partial charge in [-0.15, -0.1) is 15.3 Å². The molecule has 0 aliphatic heterocycles. The Morgan fingerprint density at radius 3 is 1.65 bits per heavy atom. The molecule has 2 unspecified atom stereocenters. The number of ether oxygens (including phenoxy) is 2. The van der Waals surface area contributed by atoms with Gasteiger partial charge in [0.1, 0.15) is 22.9 Å². The van der Waals surface area contributed by atoms with Crippen LogP contribution in [0.3, 0.4) is 0 Å². The molecule has 0 saturated carbocycles. The molecule has 2 atom stereocenters. The molecule has 0 bridgehead atoms. The Morgan fingerprint density at radius 1 is 0.712 bits per heavy atom. The molecule has 0 saturated heterocycles. The molecule has 4 radical (unpaired) electrons. The Kier molecular flexibility index (Phi) is 17.1.